The van der Waals surface area contributed by atoms with Gasteiger partial charge in [-0.2, -0.15) is 34.4 Å². The van der Waals surface area contributed by atoms with Crippen LogP contribution in [0, 0.1) is 0 Å². The van der Waals surface area contributed by atoms with Gasteiger partial charge in [-0.05, 0) is 168 Å². The van der Waals surface area contributed by atoms with Gasteiger partial charge in [0.15, 0.2) is 0 Å². The Morgan fingerprint density at radius 3 is 0.682 bits per heavy atom. The smallest absolute Gasteiger partial charge is 0.450 e. The summed E-state index contributed by atoms with van der Waals surface area (Å²) in [5.41, 5.74) is 0. The van der Waals surface area contributed by atoms with Gasteiger partial charge in [0.1, 0.15) is 23.0 Å². The largest absolute Gasteiger partial charge is 0.494 e. The van der Waals surface area contributed by atoms with E-state index in [0.717, 1.165) is 154 Å². The van der Waals surface area contributed by atoms with E-state index in [1.165, 1.54) is 146 Å². The molecule has 0 heterocycles. The third-order valence-corrected chi connectivity index (χ3v) is 25.8. The van der Waals surface area contributed by atoms with Crippen molar-refractivity contribution in [1.82, 2.24) is 0 Å². The molecule has 0 aliphatic heterocycles. The van der Waals surface area contributed by atoms with Crippen LogP contribution in [0.1, 0.15) is 182 Å². The first-order valence-corrected chi connectivity index (χ1v) is 37.8. The highest BCUT2D eigenvalue weighted by molar-refractivity contribution is 8.34. The second kappa shape index (κ2) is 36.6. The van der Waals surface area contributed by atoms with Crippen molar-refractivity contribution in [2.45, 2.75) is 222 Å². The first-order valence-electron chi connectivity index (χ1n) is 31.9. The van der Waals surface area contributed by atoms with Crippen LogP contribution in [0.4, 0.5) is 17.6 Å². The number of ether oxygens (including phenoxy) is 4. The molecule has 0 aromatic heterocycles. The second-order valence-electron chi connectivity index (χ2n) is 22.2. The van der Waals surface area contributed by atoms with Crippen LogP contribution in [0.25, 0.3) is 0 Å². The number of hydrogen-bond donors (Lipinski definition) is 0. The molecule has 0 unspecified atom stereocenters. The lowest BCUT2D eigenvalue weighted by atomic mass is 10.1. The minimum Gasteiger partial charge on any atom is -0.494 e. The third kappa shape index (κ3) is 19.6. The third-order valence-electron chi connectivity index (χ3n) is 15.2. The Bertz CT molecular complexity index is 2790. The van der Waals surface area contributed by atoms with Crippen LogP contribution in [-0.4, -0.2) is 53.8 Å². The van der Waals surface area contributed by atoms with Gasteiger partial charge in [0, 0.05) is 29.4 Å². The van der Waals surface area contributed by atoms with Crippen LogP contribution in [0.5, 0.6) is 23.0 Å². The summed E-state index contributed by atoms with van der Waals surface area (Å²) in [6, 6.07) is 39.0. The van der Waals surface area contributed by atoms with Gasteiger partial charge in [0.2, 0.25) is 0 Å². The Morgan fingerprint density at radius 1 is 0.273 bits per heavy atom. The summed E-state index contributed by atoms with van der Waals surface area (Å²) in [6.45, 7) is 10.1. The highest BCUT2D eigenvalue weighted by Crippen LogP contribution is 2.73. The molecule has 18 heteroatoms. The highest BCUT2D eigenvalue weighted by atomic mass is 32.3. The fraction of sp³-hybridized carbons (Fsp3) is 0.486. The van der Waals surface area contributed by atoms with Crippen molar-refractivity contribution >= 4 is 40.9 Å². The molecular weight excluding hydrogens is 1210 g/mol. The molecule has 6 rings (SSSR count). The molecule has 0 spiro atoms. The minimum absolute atomic E-state index is 0.000462. The van der Waals surface area contributed by atoms with Gasteiger partial charge in [-0.1, -0.05) is 193 Å². The zero-order valence-corrected chi connectivity index (χ0v) is 55.3. The Labute approximate surface area is 527 Å². The zero-order valence-electron chi connectivity index (χ0n) is 52.0. The molecule has 486 valence electrons. The summed E-state index contributed by atoms with van der Waals surface area (Å²) in [5, 5.41) is -13.0. The molecule has 88 heavy (non-hydrogen) atoms. The van der Waals surface area contributed by atoms with E-state index >= 15 is 17.6 Å². The fourth-order valence-electron chi connectivity index (χ4n) is 10.1. The Hall–Kier alpha value is -5.24. The Balaban J connectivity index is 1.42. The molecular formula is C70H94F4O10S4. The summed E-state index contributed by atoms with van der Waals surface area (Å²) >= 11 is 0. The van der Waals surface area contributed by atoms with Crippen molar-refractivity contribution in [3.8, 4) is 23.0 Å². The van der Waals surface area contributed by atoms with Crippen LogP contribution in [0.3, 0.4) is 0 Å². The van der Waals surface area contributed by atoms with Gasteiger partial charge >= 0.3 is 30.7 Å². The molecule has 0 saturated heterocycles. The molecule has 6 aromatic carbocycles. The van der Waals surface area contributed by atoms with E-state index in [4.69, 9.17) is 26.2 Å². The molecule has 0 saturated carbocycles. The first-order chi connectivity index (χ1) is 42.5. The van der Waals surface area contributed by atoms with E-state index in [1.54, 1.807) is 12.1 Å². The number of alkyl halides is 4. The molecule has 0 aliphatic rings. The number of halogens is 4. The molecule has 0 amide bonds. The standard InChI is InChI=1S/C70H94F4O10S4/c1-5-9-13-17-21-31-55-79-59-39-47-65(48-40-59)85(63-35-27-25-28-36-63,66-49-41-60(42-50-66)80-56-32-22-18-14-10-6-2)83-87(75,76)69(71,72)70(73,74)88(77,78)84-86(64-37-29-26-30-38-64,67-51-43-61(44-52-67)81-57-33-23-19-15-11-7-3)68-53-45-62(46-54-68)82-58-34-24-20-16-12-8-4/h25-30,35-54H,5-24,31-34,55-58H2,1-4H3. The van der Waals surface area contributed by atoms with E-state index < -0.39 is 51.4 Å². The molecule has 0 aliphatic carbocycles. The van der Waals surface area contributed by atoms with Gasteiger partial charge in [0.25, 0.3) is 0 Å². The lowest BCUT2D eigenvalue weighted by molar-refractivity contribution is -0.104. The van der Waals surface area contributed by atoms with Gasteiger partial charge in [-0.25, -0.2) is 7.26 Å². The molecule has 0 bridgehead atoms. The second-order valence-corrected chi connectivity index (χ2v) is 31.2. The Kier molecular flexibility index (Phi) is 29.8. The van der Waals surface area contributed by atoms with E-state index in [-0.39, 0.29) is 29.4 Å². The molecule has 0 radical (unpaired) electrons. The van der Waals surface area contributed by atoms with E-state index in [9.17, 15) is 16.8 Å². The maximum absolute atomic E-state index is 17.6. The normalized spacial score (nSPS) is 12.9. The van der Waals surface area contributed by atoms with E-state index in [1.807, 2.05) is 0 Å². The number of unbranched alkanes of at least 4 members (excludes halogenated alkanes) is 20. The minimum atomic E-state index is -7.07. The number of hydrogen-bond acceptors (Lipinski definition) is 10. The summed E-state index contributed by atoms with van der Waals surface area (Å²) < 4.78 is 166. The summed E-state index contributed by atoms with van der Waals surface area (Å²) in [5.74, 6) is 1.54. The quantitative estimate of drug-likeness (QED) is 0.0270. The van der Waals surface area contributed by atoms with Crippen LogP contribution >= 0.6 is 20.6 Å². The topological polar surface area (TPSA) is 124 Å². The Morgan fingerprint density at radius 2 is 0.466 bits per heavy atom. The van der Waals surface area contributed by atoms with E-state index in [2.05, 4.69) is 27.7 Å². The van der Waals surface area contributed by atoms with Crippen molar-refractivity contribution in [3.63, 3.8) is 0 Å². The van der Waals surface area contributed by atoms with Crippen LogP contribution < -0.4 is 18.9 Å². The van der Waals surface area contributed by atoms with Gasteiger partial charge < -0.3 is 18.9 Å². The lowest BCUT2D eigenvalue weighted by Crippen LogP contribution is -2.53. The summed E-state index contributed by atoms with van der Waals surface area (Å²) in [4.78, 5) is 0.0345. The predicted octanol–water partition coefficient (Wildman–Crippen LogP) is 21.6. The monoisotopic (exact) mass is 1300 g/mol. The average molecular weight is 1300 g/mol. The summed E-state index contributed by atoms with van der Waals surface area (Å²) in [6.07, 6.45) is 24.5. The lowest BCUT2D eigenvalue weighted by Gasteiger charge is -2.42. The number of rotatable bonds is 45. The first kappa shape index (κ1) is 71.8. The average Bonchev–Trinajstić information content (AvgIpc) is 0.804. The van der Waals surface area contributed by atoms with Crippen molar-refractivity contribution in [3.05, 3.63) is 158 Å². The van der Waals surface area contributed by atoms with Crippen molar-refractivity contribution in [1.29, 1.82) is 0 Å². The van der Waals surface area contributed by atoms with E-state index in [0.29, 0.717) is 49.4 Å². The van der Waals surface area contributed by atoms with Crippen LogP contribution in [0.2, 0.25) is 0 Å². The maximum atomic E-state index is 17.6. The van der Waals surface area contributed by atoms with Gasteiger partial charge in [-0.3, -0.25) is 0 Å². The summed E-state index contributed by atoms with van der Waals surface area (Å²) in [7, 11) is -22.2. The van der Waals surface area contributed by atoms with Crippen molar-refractivity contribution < 1.29 is 60.6 Å². The highest BCUT2D eigenvalue weighted by Gasteiger charge is 2.76. The zero-order chi connectivity index (χ0) is 63.2. The molecule has 0 fully saturated rings. The predicted molar refractivity (Wildman–Crippen MR) is 349 cm³/mol. The van der Waals surface area contributed by atoms with Gasteiger partial charge in [-0.15, -0.1) is 0 Å². The molecule has 6 aromatic rings. The van der Waals surface area contributed by atoms with Gasteiger partial charge in [0.05, 0.1) is 26.4 Å². The van der Waals surface area contributed by atoms with Crippen molar-refractivity contribution in [2.75, 3.05) is 26.4 Å². The van der Waals surface area contributed by atoms with Crippen molar-refractivity contribution in [2.24, 2.45) is 0 Å². The maximum Gasteiger partial charge on any atom is 0.450 e. The molecule has 10 nitrogen and oxygen atoms in total. The molecule has 0 atom stereocenters. The number of benzene rings is 6. The fourth-order valence-corrected chi connectivity index (χ4v) is 20.8. The van der Waals surface area contributed by atoms with Crippen LogP contribution in [-0.2, 0) is 27.5 Å². The SMILES string of the molecule is CCCCCCCCOc1ccc(S(OS(=O)(=O)C(F)(F)C(F)(F)S(=O)(=O)OS(c2ccccc2)(c2ccc(OCCCCCCCC)cc2)c2ccc(OCCCCCCCC)cc2)(c2ccccc2)c2ccc(OCCCCCCCC)cc2)cc1. The van der Waals surface area contributed by atoms with Crippen LogP contribution in [0.15, 0.2) is 187 Å². The molecule has 0 N–H and O–H groups in total.